The number of hydrogen-bond acceptors (Lipinski definition) is 2. The minimum atomic E-state index is -0.283. The Morgan fingerprint density at radius 1 is 0.750 bits per heavy atom. The molecule has 0 bridgehead atoms. The van der Waals surface area contributed by atoms with Gasteiger partial charge < -0.3 is 10.6 Å². The molecule has 2 amide bonds. The van der Waals surface area contributed by atoms with Crippen molar-refractivity contribution in [1.29, 1.82) is 0 Å². The third kappa shape index (κ3) is 5.32. The van der Waals surface area contributed by atoms with Crippen molar-refractivity contribution < 1.29 is 9.59 Å². The van der Waals surface area contributed by atoms with Gasteiger partial charge in [0.15, 0.2) is 0 Å². The van der Waals surface area contributed by atoms with Crippen LogP contribution >= 0.6 is 46.4 Å². The van der Waals surface area contributed by atoms with Gasteiger partial charge in [-0.25, -0.2) is 0 Å². The quantitative estimate of drug-likeness (QED) is 0.535. The lowest BCUT2D eigenvalue weighted by Crippen LogP contribution is -2.33. The van der Waals surface area contributed by atoms with Crippen LogP contribution in [0.3, 0.4) is 0 Å². The number of hydrogen-bond donors (Lipinski definition) is 2. The minimum Gasteiger partial charge on any atom is -0.324 e. The zero-order chi connectivity index (χ0) is 20.3. The molecule has 2 aromatic carbocycles. The summed E-state index contributed by atoms with van der Waals surface area (Å²) in [7, 11) is 0. The number of amides is 2. The number of halogens is 4. The average Bonchev–Trinajstić information content (AvgIpc) is 2.67. The SMILES string of the molecule is O=C(Nc1cc(Cl)ccc1Cl)[C@H]1CCC[C@H](C(=O)Nc2cc(Cl)ccc2Cl)C1. The number of nitrogens with one attached hydrogen (secondary N) is 2. The first kappa shape index (κ1) is 21.3. The maximum Gasteiger partial charge on any atom is 0.227 e. The summed E-state index contributed by atoms with van der Waals surface area (Å²) in [5.41, 5.74) is 0.938. The number of anilines is 2. The van der Waals surface area contributed by atoms with Gasteiger partial charge in [0.25, 0.3) is 0 Å². The van der Waals surface area contributed by atoms with Crippen molar-refractivity contribution in [3.8, 4) is 0 Å². The van der Waals surface area contributed by atoms with Crippen LogP contribution in [0.15, 0.2) is 36.4 Å². The molecule has 1 saturated carbocycles. The molecule has 3 rings (SSSR count). The predicted octanol–water partition coefficient (Wildman–Crippen LogP) is 6.68. The van der Waals surface area contributed by atoms with E-state index in [0.717, 1.165) is 6.42 Å². The molecular weight excluding hydrogens is 442 g/mol. The van der Waals surface area contributed by atoms with Gasteiger partial charge in [0.2, 0.25) is 11.8 Å². The average molecular weight is 460 g/mol. The predicted molar refractivity (Wildman–Crippen MR) is 116 cm³/mol. The first-order valence-electron chi connectivity index (χ1n) is 8.85. The number of benzene rings is 2. The molecule has 0 saturated heterocycles. The van der Waals surface area contributed by atoms with Crippen molar-refractivity contribution in [3.63, 3.8) is 0 Å². The summed E-state index contributed by atoms with van der Waals surface area (Å²) in [5.74, 6) is -0.895. The molecule has 0 unspecified atom stereocenters. The molecule has 2 atom stereocenters. The second kappa shape index (κ2) is 9.36. The van der Waals surface area contributed by atoms with Crippen LogP contribution in [-0.4, -0.2) is 11.8 Å². The molecule has 2 aromatic rings. The molecule has 0 spiro atoms. The van der Waals surface area contributed by atoms with Gasteiger partial charge in [-0.05, 0) is 55.7 Å². The molecule has 0 radical (unpaired) electrons. The molecule has 0 aromatic heterocycles. The van der Waals surface area contributed by atoms with Crippen LogP contribution in [0.2, 0.25) is 20.1 Å². The second-order valence-corrected chi connectivity index (χ2v) is 8.47. The largest absolute Gasteiger partial charge is 0.324 e. The summed E-state index contributed by atoms with van der Waals surface area (Å²) in [6, 6.07) is 9.78. The Hall–Kier alpha value is -1.46. The fourth-order valence-corrected chi connectivity index (χ4v) is 4.00. The Labute approximate surface area is 183 Å². The highest BCUT2D eigenvalue weighted by Crippen LogP contribution is 2.33. The van der Waals surface area contributed by atoms with Crippen LogP contribution in [0.1, 0.15) is 25.7 Å². The molecule has 0 heterocycles. The summed E-state index contributed by atoms with van der Waals surface area (Å²) < 4.78 is 0. The summed E-state index contributed by atoms with van der Waals surface area (Å²) in [4.78, 5) is 25.3. The molecule has 148 valence electrons. The molecular formula is C20H18Cl4N2O2. The third-order valence-electron chi connectivity index (χ3n) is 4.79. The van der Waals surface area contributed by atoms with E-state index >= 15 is 0 Å². The topological polar surface area (TPSA) is 58.2 Å². The number of carbonyl (C=O) groups excluding carboxylic acids is 2. The molecule has 8 heteroatoms. The lowest BCUT2D eigenvalue weighted by Gasteiger charge is -2.28. The van der Waals surface area contributed by atoms with E-state index in [9.17, 15) is 9.59 Å². The van der Waals surface area contributed by atoms with E-state index < -0.39 is 0 Å². The lowest BCUT2D eigenvalue weighted by atomic mass is 9.80. The van der Waals surface area contributed by atoms with Crippen molar-refractivity contribution >= 4 is 69.6 Å². The van der Waals surface area contributed by atoms with Crippen molar-refractivity contribution in [2.45, 2.75) is 25.7 Å². The summed E-state index contributed by atoms with van der Waals surface area (Å²) in [6.07, 6.45) is 2.66. The van der Waals surface area contributed by atoms with E-state index in [1.165, 1.54) is 0 Å². The van der Waals surface area contributed by atoms with Gasteiger partial charge in [-0.3, -0.25) is 9.59 Å². The Morgan fingerprint density at radius 3 is 1.61 bits per heavy atom. The van der Waals surface area contributed by atoms with E-state index in [2.05, 4.69) is 10.6 Å². The molecule has 0 aliphatic heterocycles. The van der Waals surface area contributed by atoms with Crippen molar-refractivity contribution in [1.82, 2.24) is 0 Å². The highest BCUT2D eigenvalue weighted by molar-refractivity contribution is 6.36. The maximum absolute atomic E-state index is 12.7. The van der Waals surface area contributed by atoms with Crippen LogP contribution in [0.25, 0.3) is 0 Å². The Balaban J connectivity index is 1.64. The number of carbonyl (C=O) groups is 2. The lowest BCUT2D eigenvalue weighted by molar-refractivity contribution is -0.124. The maximum atomic E-state index is 12.7. The molecule has 4 nitrogen and oxygen atoms in total. The Morgan fingerprint density at radius 2 is 1.18 bits per heavy atom. The molecule has 1 aliphatic rings. The normalized spacial score (nSPS) is 19.1. The molecule has 1 fully saturated rings. The van der Waals surface area contributed by atoms with Crippen LogP contribution in [-0.2, 0) is 9.59 Å². The van der Waals surface area contributed by atoms with Crippen molar-refractivity contribution in [2.75, 3.05) is 10.6 Å². The van der Waals surface area contributed by atoms with E-state index in [-0.39, 0.29) is 23.7 Å². The summed E-state index contributed by atoms with van der Waals surface area (Å²) in [6.45, 7) is 0. The number of rotatable bonds is 4. The standard InChI is InChI=1S/C20H18Cl4N2O2/c21-13-4-6-15(23)17(9-13)25-19(27)11-2-1-3-12(8-11)20(28)26-18-10-14(22)5-7-16(18)24/h4-7,9-12H,1-3,8H2,(H,25,27)(H,26,28)/t11-,12-/m0/s1. The zero-order valence-electron chi connectivity index (χ0n) is 14.8. The van der Waals surface area contributed by atoms with Crippen molar-refractivity contribution in [3.05, 3.63) is 56.5 Å². The third-order valence-corrected chi connectivity index (χ3v) is 5.92. The van der Waals surface area contributed by atoms with Gasteiger partial charge >= 0.3 is 0 Å². The van der Waals surface area contributed by atoms with Gasteiger partial charge in [0, 0.05) is 21.9 Å². The first-order valence-corrected chi connectivity index (χ1v) is 10.4. The van der Waals surface area contributed by atoms with Crippen LogP contribution in [0.4, 0.5) is 11.4 Å². The van der Waals surface area contributed by atoms with Gasteiger partial charge in [0.05, 0.1) is 21.4 Å². The van der Waals surface area contributed by atoms with Gasteiger partial charge in [-0.2, -0.15) is 0 Å². The second-order valence-electron chi connectivity index (χ2n) is 6.79. The zero-order valence-corrected chi connectivity index (χ0v) is 17.8. The highest BCUT2D eigenvalue weighted by Gasteiger charge is 2.31. The van der Waals surface area contributed by atoms with E-state index in [0.29, 0.717) is 50.7 Å². The van der Waals surface area contributed by atoms with E-state index in [1.807, 2.05) is 0 Å². The van der Waals surface area contributed by atoms with Crippen LogP contribution in [0, 0.1) is 11.8 Å². The monoisotopic (exact) mass is 458 g/mol. The molecule has 2 N–H and O–H groups in total. The highest BCUT2D eigenvalue weighted by atomic mass is 35.5. The fourth-order valence-electron chi connectivity index (χ4n) is 3.32. The summed E-state index contributed by atoms with van der Waals surface area (Å²) in [5, 5.41) is 7.44. The smallest absolute Gasteiger partial charge is 0.227 e. The Bertz CT molecular complexity index is 832. The fraction of sp³-hybridized carbons (Fsp3) is 0.300. The van der Waals surface area contributed by atoms with Gasteiger partial charge in [0.1, 0.15) is 0 Å². The Kier molecular flexibility index (Phi) is 7.10. The van der Waals surface area contributed by atoms with E-state index in [4.69, 9.17) is 46.4 Å². The summed E-state index contributed by atoms with van der Waals surface area (Å²) >= 11 is 24.2. The van der Waals surface area contributed by atoms with E-state index in [1.54, 1.807) is 36.4 Å². The molecule has 28 heavy (non-hydrogen) atoms. The van der Waals surface area contributed by atoms with Crippen LogP contribution < -0.4 is 10.6 Å². The minimum absolute atomic E-state index is 0.164. The first-order chi connectivity index (χ1) is 13.3. The van der Waals surface area contributed by atoms with Crippen molar-refractivity contribution in [2.24, 2.45) is 11.8 Å². The molecule has 1 aliphatic carbocycles. The van der Waals surface area contributed by atoms with Gasteiger partial charge in [-0.15, -0.1) is 0 Å². The van der Waals surface area contributed by atoms with Crippen LogP contribution in [0.5, 0.6) is 0 Å². The van der Waals surface area contributed by atoms with Gasteiger partial charge in [-0.1, -0.05) is 52.8 Å².